The van der Waals surface area contributed by atoms with Crippen LogP contribution in [0.15, 0.2) is 15.9 Å². The van der Waals surface area contributed by atoms with E-state index in [0.717, 1.165) is 4.57 Å². The van der Waals surface area contributed by atoms with E-state index in [2.05, 4.69) is 23.4 Å². The summed E-state index contributed by atoms with van der Waals surface area (Å²) >= 11 is 0. The molecule has 2 aromatic heterocycles. The van der Waals surface area contributed by atoms with Crippen molar-refractivity contribution in [3.05, 3.63) is 27.2 Å². The van der Waals surface area contributed by atoms with Gasteiger partial charge in [-0.3, -0.25) is 13.9 Å². The predicted molar refractivity (Wildman–Crippen MR) is 101 cm³/mol. The first kappa shape index (κ1) is 22.2. The van der Waals surface area contributed by atoms with Gasteiger partial charge in [0.2, 0.25) is 0 Å². The molecule has 2 rings (SSSR count). The first-order chi connectivity index (χ1) is 12.4. The number of rotatable bonds is 8. The molecular weight excluding hydrogens is 359 g/mol. The Labute approximate surface area is 153 Å². The van der Waals surface area contributed by atoms with E-state index in [4.69, 9.17) is 4.89 Å². The Kier molecular flexibility index (Phi) is 9.40. The summed E-state index contributed by atoms with van der Waals surface area (Å²) in [5, 5.41) is 0. The van der Waals surface area contributed by atoms with Gasteiger partial charge in [0.25, 0.3) is 5.56 Å². The molecule has 0 spiro atoms. The Balaban J connectivity index is 0.000000765. The topological polar surface area (TPSA) is 108 Å². The third kappa shape index (κ3) is 5.59. The van der Waals surface area contributed by atoms with Crippen LogP contribution in [0.25, 0.3) is 11.2 Å². The van der Waals surface area contributed by atoms with Crippen LogP contribution in [-0.4, -0.2) is 30.2 Å². The van der Waals surface area contributed by atoms with Crippen molar-refractivity contribution in [2.75, 3.05) is 6.61 Å². The SMILES string of the molecule is CCCC.CCn1cnc2c1c(=O)n(CCCCO[P+](=O)O)c(=O)n2C. The lowest BCUT2D eigenvalue weighted by Gasteiger charge is -2.08. The average molecular weight is 387 g/mol. The molecule has 0 aliphatic carbocycles. The van der Waals surface area contributed by atoms with Crippen molar-refractivity contribution in [3.63, 3.8) is 0 Å². The Morgan fingerprint density at radius 2 is 1.85 bits per heavy atom. The second-order valence-corrected chi connectivity index (χ2v) is 6.51. The van der Waals surface area contributed by atoms with Crippen LogP contribution in [-0.2, 0) is 29.2 Å². The molecule has 1 unspecified atom stereocenters. The number of nitrogens with zero attached hydrogens (tertiary/aromatic N) is 4. The molecule has 2 aromatic rings. The Morgan fingerprint density at radius 3 is 2.38 bits per heavy atom. The quantitative estimate of drug-likeness (QED) is 0.549. The second kappa shape index (κ2) is 11.0. The summed E-state index contributed by atoms with van der Waals surface area (Å²) in [5.74, 6) is 0. The van der Waals surface area contributed by atoms with Crippen LogP contribution in [0.2, 0.25) is 0 Å². The molecule has 1 atom stereocenters. The maximum atomic E-state index is 12.5. The Bertz CT molecular complexity index is 838. The zero-order valence-corrected chi connectivity index (χ0v) is 16.7. The molecule has 0 bridgehead atoms. The third-order valence-corrected chi connectivity index (χ3v) is 4.32. The molecule has 9 nitrogen and oxygen atoms in total. The van der Waals surface area contributed by atoms with Gasteiger partial charge in [0, 0.05) is 24.7 Å². The first-order valence-electron chi connectivity index (χ1n) is 8.82. The first-order valence-corrected chi connectivity index (χ1v) is 9.95. The van der Waals surface area contributed by atoms with Crippen LogP contribution >= 0.6 is 8.25 Å². The van der Waals surface area contributed by atoms with Gasteiger partial charge in [0.15, 0.2) is 11.2 Å². The highest BCUT2D eigenvalue weighted by molar-refractivity contribution is 7.32. The van der Waals surface area contributed by atoms with Crippen LogP contribution in [0.5, 0.6) is 0 Å². The fourth-order valence-corrected chi connectivity index (χ4v) is 2.56. The summed E-state index contributed by atoms with van der Waals surface area (Å²) in [5.41, 5.74) is -0.0207. The monoisotopic (exact) mass is 387 g/mol. The van der Waals surface area contributed by atoms with Gasteiger partial charge in [-0.05, 0) is 19.8 Å². The molecule has 1 N–H and O–H groups in total. The fourth-order valence-electron chi connectivity index (χ4n) is 2.27. The maximum Gasteiger partial charge on any atom is 0.694 e. The number of aryl methyl sites for hydroxylation is 2. The number of unbranched alkanes of at least 4 members (excludes halogenated alkanes) is 2. The third-order valence-electron chi connectivity index (χ3n) is 3.92. The van der Waals surface area contributed by atoms with Crippen molar-refractivity contribution < 1.29 is 14.0 Å². The standard InChI is InChI=1S/C12H17N4O5P.C4H10/c1-3-15-8-13-10-9(15)11(17)16(12(18)14(10)2)6-4-5-7-21-22(19)20;1-3-4-2/h8H,3-7H2,1-2H3;3-4H2,1-2H3/p+1. The number of hydrogen-bond donors (Lipinski definition) is 1. The number of imidazole rings is 1. The van der Waals surface area contributed by atoms with Crippen LogP contribution in [0.1, 0.15) is 46.5 Å². The van der Waals surface area contributed by atoms with Gasteiger partial charge in [-0.25, -0.2) is 9.78 Å². The van der Waals surface area contributed by atoms with Crippen molar-refractivity contribution in [1.82, 2.24) is 18.7 Å². The minimum atomic E-state index is -2.61. The van der Waals surface area contributed by atoms with Gasteiger partial charge >= 0.3 is 13.9 Å². The second-order valence-electron chi connectivity index (χ2n) is 5.78. The molecule has 0 saturated carbocycles. The van der Waals surface area contributed by atoms with E-state index in [-0.39, 0.29) is 18.7 Å². The molecule has 0 amide bonds. The lowest BCUT2D eigenvalue weighted by Crippen LogP contribution is -2.39. The molecule has 10 heteroatoms. The lowest BCUT2D eigenvalue weighted by atomic mass is 10.3. The summed E-state index contributed by atoms with van der Waals surface area (Å²) in [6.45, 7) is 7.17. The van der Waals surface area contributed by atoms with E-state index in [0.29, 0.717) is 30.6 Å². The van der Waals surface area contributed by atoms with E-state index in [1.54, 1.807) is 17.9 Å². The molecule has 0 fully saturated rings. The van der Waals surface area contributed by atoms with Crippen molar-refractivity contribution >= 4 is 19.4 Å². The van der Waals surface area contributed by atoms with Gasteiger partial charge in [-0.15, -0.1) is 9.42 Å². The molecule has 26 heavy (non-hydrogen) atoms. The van der Waals surface area contributed by atoms with Crippen molar-refractivity contribution in [2.45, 2.75) is 59.5 Å². The normalized spacial score (nSPS) is 11.3. The zero-order valence-electron chi connectivity index (χ0n) is 15.8. The molecular formula is C16H28N4O5P+. The van der Waals surface area contributed by atoms with Gasteiger partial charge in [0.05, 0.1) is 6.33 Å². The summed E-state index contributed by atoms with van der Waals surface area (Å²) in [7, 11) is -1.03. The van der Waals surface area contributed by atoms with Crippen LogP contribution < -0.4 is 11.2 Å². The van der Waals surface area contributed by atoms with Gasteiger partial charge in [-0.2, -0.15) is 0 Å². The Morgan fingerprint density at radius 1 is 1.19 bits per heavy atom. The average Bonchev–Trinajstić information content (AvgIpc) is 3.06. The van der Waals surface area contributed by atoms with Crippen molar-refractivity contribution in [2.24, 2.45) is 7.05 Å². The summed E-state index contributed by atoms with van der Waals surface area (Å²) < 4.78 is 19.1. The number of hydrogen-bond acceptors (Lipinski definition) is 5. The van der Waals surface area contributed by atoms with E-state index in [1.807, 2.05) is 6.92 Å². The van der Waals surface area contributed by atoms with E-state index in [1.165, 1.54) is 17.4 Å². The largest absolute Gasteiger partial charge is 0.694 e. The summed E-state index contributed by atoms with van der Waals surface area (Å²) in [6.07, 6.45) is 5.15. The predicted octanol–water partition coefficient (Wildman–Crippen LogP) is 2.17. The van der Waals surface area contributed by atoms with Crippen molar-refractivity contribution in [3.8, 4) is 0 Å². The number of aromatic nitrogens is 4. The van der Waals surface area contributed by atoms with Crippen LogP contribution in [0.4, 0.5) is 0 Å². The fraction of sp³-hybridized carbons (Fsp3) is 0.688. The minimum absolute atomic E-state index is 0.107. The molecule has 0 aliphatic rings. The summed E-state index contributed by atoms with van der Waals surface area (Å²) in [4.78, 5) is 37.3. The smallest absolute Gasteiger partial charge is 0.325 e. The molecule has 0 aliphatic heterocycles. The highest BCUT2D eigenvalue weighted by atomic mass is 31.1. The van der Waals surface area contributed by atoms with E-state index < -0.39 is 13.9 Å². The van der Waals surface area contributed by atoms with E-state index in [9.17, 15) is 14.2 Å². The van der Waals surface area contributed by atoms with Gasteiger partial charge < -0.3 is 4.57 Å². The molecule has 146 valence electrons. The van der Waals surface area contributed by atoms with Crippen LogP contribution in [0, 0.1) is 0 Å². The molecule has 0 radical (unpaired) electrons. The van der Waals surface area contributed by atoms with Crippen LogP contribution in [0.3, 0.4) is 0 Å². The maximum absolute atomic E-state index is 12.5. The number of fused-ring (bicyclic) bond motifs is 1. The highest BCUT2D eigenvalue weighted by Crippen LogP contribution is 2.14. The molecule has 0 saturated heterocycles. The molecule has 0 aromatic carbocycles. The summed E-state index contributed by atoms with van der Waals surface area (Å²) in [6, 6.07) is 0. The lowest BCUT2D eigenvalue weighted by molar-refractivity contribution is 0.272. The minimum Gasteiger partial charge on any atom is -0.325 e. The zero-order chi connectivity index (χ0) is 19.7. The van der Waals surface area contributed by atoms with Crippen molar-refractivity contribution in [1.29, 1.82) is 0 Å². The van der Waals surface area contributed by atoms with E-state index >= 15 is 0 Å². The highest BCUT2D eigenvalue weighted by Gasteiger charge is 2.16. The Hall–Kier alpha value is -1.83. The molecule has 2 heterocycles. The van der Waals surface area contributed by atoms with Gasteiger partial charge in [-0.1, -0.05) is 26.7 Å². The van der Waals surface area contributed by atoms with Gasteiger partial charge in [0.1, 0.15) is 6.61 Å².